The molecule has 1 heterocycles. The number of carbonyl (C=O) groups excluding carboxylic acids is 2. The fourth-order valence-electron chi connectivity index (χ4n) is 0.258. The van der Waals surface area contributed by atoms with Crippen molar-refractivity contribution in [3.05, 3.63) is 0 Å². The van der Waals surface area contributed by atoms with Crippen LogP contribution in [0.25, 0.3) is 0 Å². The van der Waals surface area contributed by atoms with Crippen molar-refractivity contribution in [3.8, 4) is 0 Å². The van der Waals surface area contributed by atoms with E-state index in [2.05, 4.69) is 6.34 Å². The minimum Gasteiger partial charge on any atom is -0.325 e. The van der Waals surface area contributed by atoms with Crippen LogP contribution in [0.5, 0.6) is 0 Å². The Kier molecular flexibility index (Phi) is 0.651. The van der Waals surface area contributed by atoms with Gasteiger partial charge in [-0.25, -0.2) is 0 Å². The second kappa shape index (κ2) is 1.14. The van der Waals surface area contributed by atoms with E-state index >= 15 is 0 Å². The topological polar surface area (TPSA) is 60.1 Å². The summed E-state index contributed by atoms with van der Waals surface area (Å²) in [5, 5.41) is 2.02. The van der Waals surface area contributed by atoms with Crippen LogP contribution in [0, 0.1) is 0 Å². The van der Waals surface area contributed by atoms with E-state index in [-0.39, 0.29) is 0 Å². The molecule has 0 spiro atoms. The van der Waals surface area contributed by atoms with Crippen LogP contribution < -0.4 is 10.3 Å². The van der Waals surface area contributed by atoms with Gasteiger partial charge in [-0.05, 0) is 0 Å². The Labute approximate surface area is 39.2 Å². The van der Waals surface area contributed by atoms with Crippen LogP contribution in [0.1, 0.15) is 0 Å². The summed E-state index contributed by atoms with van der Waals surface area (Å²) in [5.41, 5.74) is 0. The Bertz CT molecular complexity index is 149. The third-order valence-electron chi connectivity index (χ3n) is 0.558. The van der Waals surface area contributed by atoms with Crippen molar-refractivity contribution in [3.63, 3.8) is 0 Å². The van der Waals surface area contributed by atoms with E-state index in [4.69, 9.17) is 0 Å². The molecule has 0 radical (unpaired) electrons. The molecule has 1 aliphatic rings. The maximum atomic E-state index is 9.99. The predicted molar refractivity (Wildman–Crippen MR) is 19.1 cm³/mol. The van der Waals surface area contributed by atoms with Gasteiger partial charge in [0.2, 0.25) is 6.34 Å². The van der Waals surface area contributed by atoms with Gasteiger partial charge in [0.15, 0.2) is 0 Å². The number of hydrogen-bond donors (Lipinski definition) is 2. The van der Waals surface area contributed by atoms with E-state index in [0.717, 1.165) is 0 Å². The van der Waals surface area contributed by atoms with Gasteiger partial charge < -0.3 is 19.9 Å². The van der Waals surface area contributed by atoms with Crippen molar-refractivity contribution in [1.82, 2.24) is 5.32 Å². The molecule has 0 atom stereocenters. The van der Waals surface area contributed by atoms with Gasteiger partial charge in [-0.15, -0.1) is 0 Å². The summed E-state index contributed by atoms with van der Waals surface area (Å²) >= 11 is 0. The standard InChI is InChI=1S/C3H2N2O2/c6-2-3(7)5-1-4-2/h4H,(H,5,6,7). The van der Waals surface area contributed by atoms with Crippen LogP contribution >= 0.6 is 0 Å². The fraction of sp³-hybridized carbons (Fsp3) is 0. The first-order chi connectivity index (χ1) is 3.30. The first-order valence-corrected chi connectivity index (χ1v) is 1.66. The Hall–Kier alpha value is -1.19. The van der Waals surface area contributed by atoms with E-state index in [1.54, 1.807) is 0 Å². The number of carbonyl (C=O) groups is 2. The van der Waals surface area contributed by atoms with E-state index in [1.807, 2.05) is 10.3 Å². The van der Waals surface area contributed by atoms with Crippen LogP contribution in [-0.2, 0) is 9.59 Å². The lowest BCUT2D eigenvalue weighted by atomic mass is 10.6. The maximum absolute atomic E-state index is 9.99. The second-order valence-corrected chi connectivity index (χ2v) is 1.03. The SMILES string of the molecule is O=C1N[C-]=[NH+]C1=O. The third-order valence-corrected chi connectivity index (χ3v) is 0.558. The van der Waals surface area contributed by atoms with Crippen LogP contribution in [0.2, 0.25) is 0 Å². The lowest BCUT2D eigenvalue weighted by Gasteiger charge is -1.79. The summed E-state index contributed by atoms with van der Waals surface area (Å²) in [6.45, 7) is 0. The first-order valence-electron chi connectivity index (χ1n) is 1.66. The summed E-state index contributed by atoms with van der Waals surface area (Å²) in [7, 11) is 0. The fourth-order valence-corrected chi connectivity index (χ4v) is 0.258. The first kappa shape index (κ1) is 3.98. The van der Waals surface area contributed by atoms with Crippen LogP contribution in [-0.4, -0.2) is 18.2 Å². The molecule has 0 aromatic heterocycles. The maximum Gasteiger partial charge on any atom is 0.262 e. The van der Waals surface area contributed by atoms with Crippen molar-refractivity contribution in [1.29, 1.82) is 0 Å². The monoisotopic (exact) mass is 98.0 g/mol. The molecule has 0 unspecified atom stereocenters. The molecule has 0 aromatic carbocycles. The zero-order valence-electron chi connectivity index (χ0n) is 3.32. The second-order valence-electron chi connectivity index (χ2n) is 1.03. The normalized spacial score (nSPS) is 17.7. The number of amides is 2. The Balaban J connectivity index is 2.81. The summed E-state index contributed by atoms with van der Waals surface area (Å²) in [6.07, 6.45) is 2.12. The Morgan fingerprint density at radius 3 is 2.43 bits per heavy atom. The van der Waals surface area contributed by atoms with Gasteiger partial charge in [0.05, 0.1) is 0 Å². The largest absolute Gasteiger partial charge is 0.325 e. The zero-order chi connectivity index (χ0) is 5.28. The smallest absolute Gasteiger partial charge is 0.262 e. The third kappa shape index (κ3) is 0.489. The average Bonchev–Trinajstić information content (AvgIpc) is 1.91. The van der Waals surface area contributed by atoms with Gasteiger partial charge in [0.25, 0.3) is 11.8 Å². The van der Waals surface area contributed by atoms with Crippen LogP contribution in [0.15, 0.2) is 0 Å². The lowest BCUT2D eigenvalue weighted by Crippen LogP contribution is -2.71. The summed E-state index contributed by atoms with van der Waals surface area (Å²) < 4.78 is 0. The molecule has 1 rings (SSSR count). The zero-order valence-corrected chi connectivity index (χ0v) is 3.32. The number of nitrogens with one attached hydrogen (secondary N) is 2. The van der Waals surface area contributed by atoms with Crippen molar-refractivity contribution in [2.24, 2.45) is 0 Å². The van der Waals surface area contributed by atoms with Gasteiger partial charge in [0, 0.05) is 0 Å². The van der Waals surface area contributed by atoms with E-state index in [1.165, 1.54) is 0 Å². The van der Waals surface area contributed by atoms with E-state index in [9.17, 15) is 9.59 Å². The van der Waals surface area contributed by atoms with Crippen molar-refractivity contribution >= 4 is 18.2 Å². The molecule has 0 aliphatic carbocycles. The van der Waals surface area contributed by atoms with Gasteiger partial charge in [0.1, 0.15) is 0 Å². The minimum atomic E-state index is -0.653. The molecule has 4 nitrogen and oxygen atoms in total. The molecule has 0 fully saturated rings. The molecule has 2 N–H and O–H groups in total. The summed E-state index contributed by atoms with van der Waals surface area (Å²) in [5.74, 6) is -1.31. The molecule has 4 heteroatoms. The molecule has 1 aliphatic heterocycles. The molecular formula is C3H2N2O2. The molecule has 36 valence electrons. The number of hydrogen-bond acceptors (Lipinski definition) is 2. The number of rotatable bonds is 0. The molecule has 0 aromatic rings. The minimum absolute atomic E-state index is 0.653. The molecule has 0 saturated carbocycles. The Morgan fingerprint density at radius 2 is 2.29 bits per heavy atom. The highest BCUT2D eigenvalue weighted by molar-refractivity contribution is 6.35. The molecule has 7 heavy (non-hydrogen) atoms. The van der Waals surface area contributed by atoms with Crippen LogP contribution in [0.3, 0.4) is 0 Å². The highest BCUT2D eigenvalue weighted by Gasteiger charge is 2.09. The molecular weight excluding hydrogens is 96.0 g/mol. The van der Waals surface area contributed by atoms with Gasteiger partial charge in [-0.1, -0.05) is 0 Å². The summed E-state index contributed by atoms with van der Waals surface area (Å²) in [4.78, 5) is 22.0. The highest BCUT2D eigenvalue weighted by atomic mass is 16.2. The average molecular weight is 98.1 g/mol. The van der Waals surface area contributed by atoms with Crippen molar-refractivity contribution < 1.29 is 14.6 Å². The van der Waals surface area contributed by atoms with Crippen molar-refractivity contribution in [2.75, 3.05) is 0 Å². The van der Waals surface area contributed by atoms with Crippen molar-refractivity contribution in [2.45, 2.75) is 0 Å². The van der Waals surface area contributed by atoms with E-state index < -0.39 is 11.8 Å². The molecule has 0 saturated heterocycles. The Morgan fingerprint density at radius 1 is 1.57 bits per heavy atom. The van der Waals surface area contributed by atoms with Gasteiger partial charge in [-0.2, -0.15) is 0 Å². The van der Waals surface area contributed by atoms with Crippen LogP contribution in [0.4, 0.5) is 0 Å². The predicted octanol–water partition coefficient (Wildman–Crippen LogP) is -3.37. The summed E-state index contributed by atoms with van der Waals surface area (Å²) in [6, 6.07) is 0. The van der Waals surface area contributed by atoms with Gasteiger partial charge in [-0.3, -0.25) is 0 Å². The quantitative estimate of drug-likeness (QED) is 0.245. The van der Waals surface area contributed by atoms with Gasteiger partial charge >= 0.3 is 0 Å². The molecule has 2 amide bonds. The van der Waals surface area contributed by atoms with E-state index in [0.29, 0.717) is 0 Å². The highest BCUT2D eigenvalue weighted by Crippen LogP contribution is 1.56. The lowest BCUT2D eigenvalue weighted by molar-refractivity contribution is -0.362. The molecule has 0 bridgehead atoms.